The number of rotatable bonds is 5. The van der Waals surface area contributed by atoms with Gasteiger partial charge in [0.25, 0.3) is 5.91 Å². The van der Waals surface area contributed by atoms with Crippen molar-refractivity contribution >= 4 is 17.7 Å². The Kier molecular flexibility index (Phi) is 4.47. The molecule has 0 aliphatic carbocycles. The van der Waals surface area contributed by atoms with Gasteiger partial charge in [0.15, 0.2) is 5.76 Å². The third kappa shape index (κ3) is 3.40. The molecule has 3 nitrogen and oxygen atoms in total. The number of hydrogen-bond acceptors (Lipinski definition) is 3. The lowest BCUT2D eigenvalue weighted by atomic mass is 10.2. The summed E-state index contributed by atoms with van der Waals surface area (Å²) in [4.78, 5) is 12.9. The lowest BCUT2D eigenvalue weighted by Crippen LogP contribution is -2.22. The topological polar surface area (TPSA) is 42.2 Å². The van der Waals surface area contributed by atoms with Crippen molar-refractivity contribution in [3.8, 4) is 0 Å². The number of hydrogen-bond donors (Lipinski definition) is 1. The highest BCUT2D eigenvalue weighted by atomic mass is 32.2. The first-order valence-corrected chi connectivity index (χ1v) is 6.81. The number of carbonyl (C=O) groups is 1. The molecule has 4 heteroatoms. The monoisotopic (exact) mass is 261 g/mol. The van der Waals surface area contributed by atoms with Crippen LogP contribution in [0.15, 0.2) is 52.0 Å². The fourth-order valence-corrected chi connectivity index (χ4v) is 2.21. The standard InChI is InChI=1S/C14H15NO2S/c1-2-18-12-7-5-11(6-8-12)10-15-14(16)13-4-3-9-17-13/h3-9H,2,10H2,1H3,(H,15,16). The van der Waals surface area contributed by atoms with E-state index in [-0.39, 0.29) is 5.91 Å². The summed E-state index contributed by atoms with van der Waals surface area (Å²) >= 11 is 1.80. The molecule has 0 atom stereocenters. The molecule has 0 saturated carbocycles. The van der Waals surface area contributed by atoms with Gasteiger partial charge in [-0.25, -0.2) is 0 Å². The zero-order valence-electron chi connectivity index (χ0n) is 10.2. The molecule has 1 N–H and O–H groups in total. The highest BCUT2D eigenvalue weighted by molar-refractivity contribution is 7.99. The molecule has 0 saturated heterocycles. The summed E-state index contributed by atoms with van der Waals surface area (Å²) in [5.41, 5.74) is 1.08. The molecule has 2 rings (SSSR count). The Bertz CT molecular complexity index is 491. The Labute approximate surface area is 111 Å². The van der Waals surface area contributed by atoms with E-state index in [1.807, 2.05) is 12.1 Å². The molecule has 94 valence electrons. The van der Waals surface area contributed by atoms with Crippen molar-refractivity contribution in [2.24, 2.45) is 0 Å². The molecule has 0 bridgehead atoms. The normalized spacial score (nSPS) is 10.3. The molecule has 2 aromatic rings. The van der Waals surface area contributed by atoms with Crippen molar-refractivity contribution in [2.45, 2.75) is 18.4 Å². The van der Waals surface area contributed by atoms with Crippen LogP contribution in [0, 0.1) is 0 Å². The maximum Gasteiger partial charge on any atom is 0.287 e. The van der Waals surface area contributed by atoms with Gasteiger partial charge in [0.2, 0.25) is 0 Å². The van der Waals surface area contributed by atoms with Crippen LogP contribution in [-0.2, 0) is 6.54 Å². The summed E-state index contributed by atoms with van der Waals surface area (Å²) in [5, 5.41) is 2.81. The molecule has 1 amide bonds. The summed E-state index contributed by atoms with van der Waals surface area (Å²) < 4.78 is 5.02. The average Bonchev–Trinajstić information content (AvgIpc) is 2.92. The van der Waals surface area contributed by atoms with Crippen molar-refractivity contribution in [1.82, 2.24) is 5.32 Å². The van der Waals surface area contributed by atoms with Gasteiger partial charge in [-0.1, -0.05) is 19.1 Å². The molecule has 0 aliphatic heterocycles. The minimum atomic E-state index is -0.188. The number of amides is 1. The molecular formula is C14H15NO2S. The van der Waals surface area contributed by atoms with Crippen molar-refractivity contribution < 1.29 is 9.21 Å². The van der Waals surface area contributed by atoms with Crippen molar-refractivity contribution in [3.05, 3.63) is 54.0 Å². The SMILES string of the molecule is CCSc1ccc(CNC(=O)c2ccco2)cc1. The summed E-state index contributed by atoms with van der Waals surface area (Å²) in [6.07, 6.45) is 1.49. The van der Waals surface area contributed by atoms with Crippen LogP contribution in [0.1, 0.15) is 23.0 Å². The van der Waals surface area contributed by atoms with E-state index < -0.39 is 0 Å². The summed E-state index contributed by atoms with van der Waals surface area (Å²) in [5.74, 6) is 1.22. The van der Waals surface area contributed by atoms with Gasteiger partial charge in [-0.05, 0) is 35.6 Å². The van der Waals surface area contributed by atoms with E-state index in [9.17, 15) is 4.79 Å². The number of benzene rings is 1. The zero-order chi connectivity index (χ0) is 12.8. The average molecular weight is 261 g/mol. The lowest BCUT2D eigenvalue weighted by Gasteiger charge is -2.04. The van der Waals surface area contributed by atoms with Crippen LogP contribution < -0.4 is 5.32 Å². The van der Waals surface area contributed by atoms with Crippen LogP contribution in [0.3, 0.4) is 0 Å². The van der Waals surface area contributed by atoms with E-state index >= 15 is 0 Å². The second-order valence-electron chi connectivity index (χ2n) is 3.74. The zero-order valence-corrected chi connectivity index (χ0v) is 11.0. The first kappa shape index (κ1) is 12.8. The van der Waals surface area contributed by atoms with Gasteiger partial charge in [-0.3, -0.25) is 4.79 Å². The molecule has 1 heterocycles. The Balaban J connectivity index is 1.88. The molecular weight excluding hydrogens is 246 g/mol. The lowest BCUT2D eigenvalue weighted by molar-refractivity contribution is 0.0923. The van der Waals surface area contributed by atoms with Gasteiger partial charge in [0.1, 0.15) is 0 Å². The number of furan rings is 1. The molecule has 0 fully saturated rings. The van der Waals surface area contributed by atoms with Crippen LogP contribution in [-0.4, -0.2) is 11.7 Å². The molecule has 0 unspecified atom stereocenters. The molecule has 0 radical (unpaired) electrons. The summed E-state index contributed by atoms with van der Waals surface area (Å²) in [7, 11) is 0. The molecule has 1 aromatic carbocycles. The van der Waals surface area contributed by atoms with E-state index in [0.717, 1.165) is 11.3 Å². The van der Waals surface area contributed by atoms with Gasteiger partial charge < -0.3 is 9.73 Å². The van der Waals surface area contributed by atoms with E-state index in [4.69, 9.17) is 4.42 Å². The predicted octanol–water partition coefficient (Wildman–Crippen LogP) is 3.32. The largest absolute Gasteiger partial charge is 0.459 e. The van der Waals surface area contributed by atoms with Gasteiger partial charge in [0, 0.05) is 11.4 Å². The molecule has 0 spiro atoms. The van der Waals surface area contributed by atoms with Crippen LogP contribution in [0.5, 0.6) is 0 Å². The maximum absolute atomic E-state index is 11.6. The van der Waals surface area contributed by atoms with Gasteiger partial charge in [-0.15, -0.1) is 11.8 Å². The summed E-state index contributed by atoms with van der Waals surface area (Å²) in [6.45, 7) is 2.64. The second kappa shape index (κ2) is 6.31. The van der Waals surface area contributed by atoms with Gasteiger partial charge in [-0.2, -0.15) is 0 Å². The minimum absolute atomic E-state index is 0.188. The van der Waals surface area contributed by atoms with Crippen LogP contribution >= 0.6 is 11.8 Å². The van der Waals surface area contributed by atoms with Crippen molar-refractivity contribution in [1.29, 1.82) is 0 Å². The second-order valence-corrected chi connectivity index (χ2v) is 5.07. The fraction of sp³-hybridized carbons (Fsp3) is 0.214. The number of carbonyl (C=O) groups excluding carboxylic acids is 1. The van der Waals surface area contributed by atoms with Crippen LogP contribution in [0.25, 0.3) is 0 Å². The van der Waals surface area contributed by atoms with E-state index in [1.165, 1.54) is 11.2 Å². The van der Waals surface area contributed by atoms with Crippen molar-refractivity contribution in [3.63, 3.8) is 0 Å². The maximum atomic E-state index is 11.6. The molecule has 1 aromatic heterocycles. The highest BCUT2D eigenvalue weighted by Crippen LogP contribution is 2.17. The van der Waals surface area contributed by atoms with E-state index in [0.29, 0.717) is 12.3 Å². The number of thioether (sulfide) groups is 1. The molecule has 18 heavy (non-hydrogen) atoms. The summed E-state index contributed by atoms with van der Waals surface area (Å²) in [6, 6.07) is 11.5. The third-order valence-electron chi connectivity index (χ3n) is 2.43. The van der Waals surface area contributed by atoms with Crippen LogP contribution in [0.4, 0.5) is 0 Å². The quantitative estimate of drug-likeness (QED) is 0.839. The van der Waals surface area contributed by atoms with Crippen LogP contribution in [0.2, 0.25) is 0 Å². The van der Waals surface area contributed by atoms with Crippen molar-refractivity contribution in [2.75, 3.05) is 5.75 Å². The first-order valence-electron chi connectivity index (χ1n) is 5.83. The minimum Gasteiger partial charge on any atom is -0.459 e. The Morgan fingerprint density at radius 3 is 2.67 bits per heavy atom. The Morgan fingerprint density at radius 2 is 2.06 bits per heavy atom. The van der Waals surface area contributed by atoms with Gasteiger partial charge >= 0.3 is 0 Å². The highest BCUT2D eigenvalue weighted by Gasteiger charge is 2.07. The Morgan fingerprint density at radius 1 is 1.28 bits per heavy atom. The predicted molar refractivity (Wildman–Crippen MR) is 72.7 cm³/mol. The fourth-order valence-electron chi connectivity index (χ4n) is 1.55. The third-order valence-corrected chi connectivity index (χ3v) is 3.33. The van der Waals surface area contributed by atoms with E-state index in [2.05, 4.69) is 24.4 Å². The van der Waals surface area contributed by atoms with Gasteiger partial charge in [0.05, 0.1) is 6.26 Å². The number of nitrogens with one attached hydrogen (secondary N) is 1. The molecule has 0 aliphatic rings. The smallest absolute Gasteiger partial charge is 0.287 e. The van der Waals surface area contributed by atoms with E-state index in [1.54, 1.807) is 23.9 Å². The first-order chi connectivity index (χ1) is 8.79. The Hall–Kier alpha value is -1.68.